The first kappa shape index (κ1) is 25.6. The predicted octanol–water partition coefficient (Wildman–Crippen LogP) is 6.16. The van der Waals surface area contributed by atoms with Crippen molar-refractivity contribution >= 4 is 38.4 Å². The number of hydrogen-bond acceptors (Lipinski definition) is 4. The highest BCUT2D eigenvalue weighted by Crippen LogP contribution is 2.27. The first-order chi connectivity index (χ1) is 17.0. The molecule has 0 aliphatic rings. The molecule has 35 heavy (non-hydrogen) atoms. The maximum Gasteiger partial charge on any atom is 0.261 e. The number of aromatic nitrogens is 2. The van der Waals surface area contributed by atoms with Gasteiger partial charge in [0.1, 0.15) is 5.82 Å². The molecule has 0 saturated heterocycles. The Morgan fingerprint density at radius 3 is 2.49 bits per heavy atom. The van der Waals surface area contributed by atoms with Crippen LogP contribution in [0.15, 0.2) is 82.1 Å². The number of fused-ring (bicyclic) bond motifs is 1. The van der Waals surface area contributed by atoms with Gasteiger partial charge in [0.25, 0.3) is 5.56 Å². The molecule has 7 heteroatoms. The van der Waals surface area contributed by atoms with Crippen molar-refractivity contribution in [2.45, 2.75) is 38.9 Å². The standard InChI is InChI=1S/C28H30BrClN4O/c1-2-26(33(16-6-15-31)18-21-9-11-22(29)12-10-21)27-32-25-17-23(30)13-14-24(25)28(35)34(27)19-20-7-4-3-5-8-20/h3-5,7-14,17,26H,2,6,15-16,18-19,31H2,1H3. The van der Waals surface area contributed by atoms with Crippen molar-refractivity contribution in [3.63, 3.8) is 0 Å². The second kappa shape index (κ2) is 12.0. The van der Waals surface area contributed by atoms with E-state index in [0.29, 0.717) is 29.0 Å². The van der Waals surface area contributed by atoms with Crippen molar-refractivity contribution in [1.82, 2.24) is 14.5 Å². The molecule has 2 N–H and O–H groups in total. The van der Waals surface area contributed by atoms with Crippen LogP contribution in [0.4, 0.5) is 0 Å². The lowest BCUT2D eigenvalue weighted by Crippen LogP contribution is -2.36. The number of nitrogens with two attached hydrogens (primary N) is 1. The molecule has 4 rings (SSSR count). The minimum atomic E-state index is -0.0648. The van der Waals surface area contributed by atoms with E-state index in [4.69, 9.17) is 22.3 Å². The molecule has 0 aliphatic carbocycles. The van der Waals surface area contributed by atoms with Gasteiger partial charge < -0.3 is 5.73 Å². The molecule has 182 valence electrons. The summed E-state index contributed by atoms with van der Waals surface area (Å²) < 4.78 is 2.88. The van der Waals surface area contributed by atoms with Crippen LogP contribution in [-0.4, -0.2) is 27.5 Å². The molecule has 5 nitrogen and oxygen atoms in total. The molecule has 0 saturated carbocycles. The van der Waals surface area contributed by atoms with E-state index in [2.05, 4.69) is 52.0 Å². The normalized spacial score (nSPS) is 12.4. The van der Waals surface area contributed by atoms with Crippen molar-refractivity contribution in [3.8, 4) is 0 Å². The Kier molecular flexibility index (Phi) is 8.74. The van der Waals surface area contributed by atoms with Crippen LogP contribution < -0.4 is 11.3 Å². The molecule has 1 aromatic heterocycles. The second-order valence-corrected chi connectivity index (χ2v) is 10.0. The maximum atomic E-state index is 13.8. The Balaban J connectivity index is 1.84. The van der Waals surface area contributed by atoms with Crippen molar-refractivity contribution < 1.29 is 0 Å². The van der Waals surface area contributed by atoms with Gasteiger partial charge in [0.05, 0.1) is 23.5 Å². The monoisotopic (exact) mass is 552 g/mol. The third-order valence-corrected chi connectivity index (χ3v) is 6.97. The Morgan fingerprint density at radius 1 is 1.06 bits per heavy atom. The molecule has 0 amide bonds. The second-order valence-electron chi connectivity index (χ2n) is 8.67. The van der Waals surface area contributed by atoms with Gasteiger partial charge in [-0.3, -0.25) is 14.3 Å². The molecule has 0 spiro atoms. The molecule has 0 fully saturated rings. The third-order valence-electron chi connectivity index (χ3n) is 6.20. The highest BCUT2D eigenvalue weighted by Gasteiger charge is 2.25. The average molecular weight is 554 g/mol. The fourth-order valence-electron chi connectivity index (χ4n) is 4.45. The number of halogens is 2. The zero-order valence-electron chi connectivity index (χ0n) is 19.8. The number of nitrogens with zero attached hydrogens (tertiary/aromatic N) is 3. The van der Waals surface area contributed by atoms with Gasteiger partial charge in [-0.1, -0.05) is 76.9 Å². The zero-order chi connectivity index (χ0) is 24.8. The van der Waals surface area contributed by atoms with Crippen molar-refractivity contribution in [1.29, 1.82) is 0 Å². The van der Waals surface area contributed by atoms with Gasteiger partial charge in [-0.15, -0.1) is 0 Å². The van der Waals surface area contributed by atoms with Crippen LogP contribution in [0.25, 0.3) is 10.9 Å². The first-order valence-corrected chi connectivity index (χ1v) is 13.1. The molecular formula is C28H30BrClN4O. The van der Waals surface area contributed by atoms with Gasteiger partial charge in [0, 0.05) is 22.6 Å². The summed E-state index contributed by atoms with van der Waals surface area (Å²) in [5.41, 5.74) is 8.73. The summed E-state index contributed by atoms with van der Waals surface area (Å²) in [5, 5.41) is 1.14. The Morgan fingerprint density at radius 2 is 1.80 bits per heavy atom. The molecule has 1 atom stereocenters. The summed E-state index contributed by atoms with van der Waals surface area (Å²) in [7, 11) is 0. The zero-order valence-corrected chi connectivity index (χ0v) is 22.2. The highest BCUT2D eigenvalue weighted by molar-refractivity contribution is 9.10. The van der Waals surface area contributed by atoms with Crippen molar-refractivity contribution in [2.75, 3.05) is 13.1 Å². The number of benzene rings is 3. The van der Waals surface area contributed by atoms with Crippen LogP contribution in [0.5, 0.6) is 0 Å². The van der Waals surface area contributed by atoms with E-state index in [0.717, 1.165) is 41.8 Å². The minimum absolute atomic E-state index is 0.0496. The SMILES string of the molecule is CCC(c1nc2cc(Cl)ccc2c(=O)n1Cc1ccccc1)N(CCCN)Cc1ccc(Br)cc1. The molecule has 0 radical (unpaired) electrons. The molecule has 3 aromatic carbocycles. The van der Waals surface area contributed by atoms with E-state index in [1.54, 1.807) is 18.2 Å². The lowest BCUT2D eigenvalue weighted by atomic mass is 10.1. The van der Waals surface area contributed by atoms with Crippen LogP contribution in [0.1, 0.15) is 42.8 Å². The predicted molar refractivity (Wildman–Crippen MR) is 148 cm³/mol. The van der Waals surface area contributed by atoms with Gasteiger partial charge in [0.15, 0.2) is 0 Å². The summed E-state index contributed by atoms with van der Waals surface area (Å²) in [4.78, 5) is 21.2. The average Bonchev–Trinajstić information content (AvgIpc) is 2.86. The summed E-state index contributed by atoms with van der Waals surface area (Å²) in [6.07, 6.45) is 1.66. The summed E-state index contributed by atoms with van der Waals surface area (Å²) in [6.45, 7) is 4.74. The van der Waals surface area contributed by atoms with Gasteiger partial charge in [-0.25, -0.2) is 4.98 Å². The molecular weight excluding hydrogens is 524 g/mol. The van der Waals surface area contributed by atoms with Crippen LogP contribution in [0.3, 0.4) is 0 Å². The van der Waals surface area contributed by atoms with E-state index in [1.165, 1.54) is 5.56 Å². The van der Waals surface area contributed by atoms with Gasteiger partial charge in [0.2, 0.25) is 0 Å². The number of rotatable bonds is 10. The Bertz CT molecular complexity index is 1320. The van der Waals surface area contributed by atoms with Crippen molar-refractivity contribution in [3.05, 3.63) is 110 Å². The topological polar surface area (TPSA) is 64.2 Å². The van der Waals surface area contributed by atoms with E-state index >= 15 is 0 Å². The molecule has 1 unspecified atom stereocenters. The van der Waals surface area contributed by atoms with E-state index in [-0.39, 0.29) is 11.6 Å². The van der Waals surface area contributed by atoms with Gasteiger partial charge in [-0.2, -0.15) is 0 Å². The van der Waals surface area contributed by atoms with Crippen LogP contribution in [0, 0.1) is 0 Å². The quantitative estimate of drug-likeness (QED) is 0.255. The van der Waals surface area contributed by atoms with E-state index in [1.807, 2.05) is 34.9 Å². The van der Waals surface area contributed by atoms with Gasteiger partial charge >= 0.3 is 0 Å². The maximum absolute atomic E-state index is 13.8. The molecule has 0 aliphatic heterocycles. The van der Waals surface area contributed by atoms with Crippen LogP contribution in [0.2, 0.25) is 5.02 Å². The fraction of sp³-hybridized carbons (Fsp3) is 0.286. The molecule has 0 bridgehead atoms. The third kappa shape index (κ3) is 6.19. The van der Waals surface area contributed by atoms with E-state index in [9.17, 15) is 4.79 Å². The molecule has 4 aromatic rings. The smallest absolute Gasteiger partial charge is 0.261 e. The highest BCUT2D eigenvalue weighted by atomic mass is 79.9. The summed E-state index contributed by atoms with van der Waals surface area (Å²) in [5.74, 6) is 0.755. The summed E-state index contributed by atoms with van der Waals surface area (Å²) in [6, 6.07) is 23.6. The Labute approximate surface area is 219 Å². The minimum Gasteiger partial charge on any atom is -0.330 e. The fourth-order valence-corrected chi connectivity index (χ4v) is 4.88. The number of hydrogen-bond donors (Lipinski definition) is 1. The first-order valence-electron chi connectivity index (χ1n) is 11.9. The van der Waals surface area contributed by atoms with Crippen LogP contribution in [-0.2, 0) is 13.1 Å². The largest absolute Gasteiger partial charge is 0.330 e. The Hall–Kier alpha value is -2.51. The molecule has 1 heterocycles. The van der Waals surface area contributed by atoms with Crippen molar-refractivity contribution in [2.24, 2.45) is 5.73 Å². The van der Waals surface area contributed by atoms with E-state index < -0.39 is 0 Å². The summed E-state index contributed by atoms with van der Waals surface area (Å²) >= 11 is 9.80. The lowest BCUT2D eigenvalue weighted by Gasteiger charge is -2.32. The lowest BCUT2D eigenvalue weighted by molar-refractivity contribution is 0.170. The van der Waals surface area contributed by atoms with Crippen LogP contribution >= 0.6 is 27.5 Å². The van der Waals surface area contributed by atoms with Gasteiger partial charge in [-0.05, 0) is 60.8 Å².